The minimum absolute atomic E-state index is 0.114. The molecular formula is C16H19FN4O. The number of rotatable bonds is 3. The summed E-state index contributed by atoms with van der Waals surface area (Å²) >= 11 is 0. The Kier molecular flexibility index (Phi) is 3.94. The van der Waals surface area contributed by atoms with Gasteiger partial charge in [-0.15, -0.1) is 0 Å². The van der Waals surface area contributed by atoms with Crippen molar-refractivity contribution in [1.29, 1.82) is 0 Å². The largest absolute Gasteiger partial charge is 0.381 e. The van der Waals surface area contributed by atoms with Gasteiger partial charge in [0.15, 0.2) is 11.6 Å². The van der Waals surface area contributed by atoms with Gasteiger partial charge in [0.2, 0.25) is 5.95 Å². The summed E-state index contributed by atoms with van der Waals surface area (Å²) in [5, 5.41) is 0. The molecule has 1 aromatic heterocycles. The first-order chi connectivity index (χ1) is 10.6. The molecule has 2 aromatic rings. The van der Waals surface area contributed by atoms with E-state index >= 15 is 0 Å². The van der Waals surface area contributed by atoms with Crippen LogP contribution in [0.4, 0.5) is 16.2 Å². The summed E-state index contributed by atoms with van der Waals surface area (Å²) < 4.78 is 19.0. The summed E-state index contributed by atoms with van der Waals surface area (Å²) in [7, 11) is 1.75. The lowest BCUT2D eigenvalue weighted by Crippen LogP contribution is -2.44. The number of hydrogen-bond donors (Lipinski definition) is 1. The third kappa shape index (κ3) is 2.62. The molecule has 116 valence electrons. The SMILES string of the molecule is COC1(c2ccccc2)CCN(c2ncc(F)c(N)n2)CC1. The maximum atomic E-state index is 13.2. The van der Waals surface area contributed by atoms with Crippen molar-refractivity contribution < 1.29 is 9.13 Å². The topological polar surface area (TPSA) is 64.3 Å². The highest BCUT2D eigenvalue weighted by Gasteiger charge is 2.36. The molecule has 22 heavy (non-hydrogen) atoms. The first-order valence-electron chi connectivity index (χ1n) is 7.28. The molecule has 1 fully saturated rings. The van der Waals surface area contributed by atoms with Crippen molar-refractivity contribution >= 4 is 11.8 Å². The van der Waals surface area contributed by atoms with Crippen molar-refractivity contribution in [2.45, 2.75) is 18.4 Å². The lowest BCUT2D eigenvalue weighted by Gasteiger charge is -2.41. The summed E-state index contributed by atoms with van der Waals surface area (Å²) in [5.41, 5.74) is 6.41. The summed E-state index contributed by atoms with van der Waals surface area (Å²) in [5.74, 6) is -0.232. The van der Waals surface area contributed by atoms with E-state index in [1.807, 2.05) is 23.1 Å². The number of nitrogen functional groups attached to an aromatic ring is 1. The summed E-state index contributed by atoms with van der Waals surface area (Å²) in [6.45, 7) is 1.46. The first-order valence-corrected chi connectivity index (χ1v) is 7.28. The molecule has 0 bridgehead atoms. The Morgan fingerprint density at radius 2 is 1.91 bits per heavy atom. The van der Waals surface area contributed by atoms with Gasteiger partial charge in [-0.3, -0.25) is 0 Å². The number of halogens is 1. The highest BCUT2D eigenvalue weighted by molar-refractivity contribution is 5.40. The first kappa shape index (κ1) is 14.7. The van der Waals surface area contributed by atoms with Crippen LogP contribution in [0.25, 0.3) is 0 Å². The molecule has 1 aromatic carbocycles. The van der Waals surface area contributed by atoms with Crippen molar-refractivity contribution in [1.82, 2.24) is 9.97 Å². The fourth-order valence-electron chi connectivity index (χ4n) is 2.94. The van der Waals surface area contributed by atoms with Crippen molar-refractivity contribution in [3.8, 4) is 0 Å². The van der Waals surface area contributed by atoms with Crippen LogP contribution in [0, 0.1) is 5.82 Å². The molecule has 0 amide bonds. The number of piperidine rings is 1. The molecule has 1 saturated heterocycles. The Morgan fingerprint density at radius 3 is 2.50 bits per heavy atom. The predicted molar refractivity (Wildman–Crippen MR) is 83.0 cm³/mol. The van der Waals surface area contributed by atoms with Crippen LogP contribution < -0.4 is 10.6 Å². The second-order valence-corrected chi connectivity index (χ2v) is 5.45. The summed E-state index contributed by atoms with van der Waals surface area (Å²) in [6.07, 6.45) is 2.75. The van der Waals surface area contributed by atoms with Gasteiger partial charge in [-0.1, -0.05) is 30.3 Å². The lowest BCUT2D eigenvalue weighted by atomic mass is 9.84. The van der Waals surface area contributed by atoms with Gasteiger partial charge < -0.3 is 15.4 Å². The van der Waals surface area contributed by atoms with Crippen LogP contribution in [-0.2, 0) is 10.3 Å². The van der Waals surface area contributed by atoms with Gasteiger partial charge in [0.05, 0.1) is 11.8 Å². The molecule has 5 nitrogen and oxygen atoms in total. The molecule has 0 saturated carbocycles. The van der Waals surface area contributed by atoms with Crippen LogP contribution in [0.5, 0.6) is 0 Å². The van der Waals surface area contributed by atoms with E-state index in [0.717, 1.165) is 32.1 Å². The molecule has 3 rings (SSSR count). The van der Waals surface area contributed by atoms with E-state index in [2.05, 4.69) is 22.1 Å². The molecule has 0 spiro atoms. The number of methoxy groups -OCH3 is 1. The number of nitrogens with zero attached hydrogens (tertiary/aromatic N) is 3. The maximum Gasteiger partial charge on any atom is 0.227 e. The van der Waals surface area contributed by atoms with Crippen LogP contribution in [0.1, 0.15) is 18.4 Å². The molecule has 2 heterocycles. The number of benzene rings is 1. The second-order valence-electron chi connectivity index (χ2n) is 5.45. The van der Waals surface area contributed by atoms with Crippen LogP contribution in [0.2, 0.25) is 0 Å². The normalized spacial score (nSPS) is 17.5. The Labute approximate surface area is 128 Å². The van der Waals surface area contributed by atoms with E-state index in [9.17, 15) is 4.39 Å². The van der Waals surface area contributed by atoms with E-state index in [1.165, 1.54) is 5.56 Å². The number of anilines is 2. The van der Waals surface area contributed by atoms with Gasteiger partial charge in [-0.2, -0.15) is 4.98 Å². The molecule has 1 aliphatic heterocycles. The predicted octanol–water partition coefficient (Wildman–Crippen LogP) is 2.34. The number of nitrogens with two attached hydrogens (primary N) is 1. The lowest BCUT2D eigenvalue weighted by molar-refractivity contribution is -0.0348. The summed E-state index contributed by atoms with van der Waals surface area (Å²) in [6, 6.07) is 10.2. The Bertz CT molecular complexity index is 642. The highest BCUT2D eigenvalue weighted by Crippen LogP contribution is 2.36. The standard InChI is InChI=1S/C16H19FN4O/c1-22-16(12-5-3-2-4-6-12)7-9-21(10-8-16)15-19-11-13(17)14(18)20-15/h2-6,11H,7-10H2,1H3,(H2,18,19,20). The zero-order valence-electron chi connectivity index (χ0n) is 12.5. The average Bonchev–Trinajstić information content (AvgIpc) is 2.58. The second kappa shape index (κ2) is 5.88. The monoisotopic (exact) mass is 302 g/mol. The number of ether oxygens (including phenoxy) is 1. The van der Waals surface area contributed by atoms with E-state index in [4.69, 9.17) is 10.5 Å². The summed E-state index contributed by atoms with van der Waals surface area (Å²) in [4.78, 5) is 10.1. The molecule has 0 unspecified atom stereocenters. The van der Waals surface area contributed by atoms with Gasteiger partial charge in [0, 0.05) is 20.2 Å². The number of hydrogen-bond acceptors (Lipinski definition) is 5. The molecular weight excluding hydrogens is 283 g/mol. The average molecular weight is 302 g/mol. The zero-order chi connectivity index (χ0) is 15.6. The van der Waals surface area contributed by atoms with Crippen LogP contribution in [0.15, 0.2) is 36.5 Å². The van der Waals surface area contributed by atoms with Crippen LogP contribution >= 0.6 is 0 Å². The third-order valence-corrected chi connectivity index (χ3v) is 4.30. The van der Waals surface area contributed by atoms with Crippen molar-refractivity contribution in [2.24, 2.45) is 0 Å². The molecule has 1 aliphatic rings. The Hall–Kier alpha value is -2.21. The van der Waals surface area contributed by atoms with Crippen molar-refractivity contribution in [3.05, 3.63) is 47.9 Å². The van der Waals surface area contributed by atoms with Crippen molar-refractivity contribution in [3.63, 3.8) is 0 Å². The van der Waals surface area contributed by atoms with Gasteiger partial charge in [0.25, 0.3) is 0 Å². The zero-order valence-corrected chi connectivity index (χ0v) is 12.5. The van der Waals surface area contributed by atoms with Crippen molar-refractivity contribution in [2.75, 3.05) is 30.8 Å². The molecule has 6 heteroatoms. The quantitative estimate of drug-likeness (QED) is 0.943. The minimum atomic E-state index is -0.587. The Morgan fingerprint density at radius 1 is 1.23 bits per heavy atom. The minimum Gasteiger partial charge on any atom is -0.381 e. The van der Waals surface area contributed by atoms with Gasteiger partial charge >= 0.3 is 0 Å². The number of aromatic nitrogens is 2. The third-order valence-electron chi connectivity index (χ3n) is 4.30. The van der Waals surface area contributed by atoms with Crippen LogP contribution in [-0.4, -0.2) is 30.2 Å². The molecule has 0 radical (unpaired) electrons. The van der Waals surface area contributed by atoms with Gasteiger partial charge in [-0.25, -0.2) is 9.37 Å². The van der Waals surface area contributed by atoms with Gasteiger partial charge in [0.1, 0.15) is 0 Å². The van der Waals surface area contributed by atoms with E-state index in [-0.39, 0.29) is 11.4 Å². The fraction of sp³-hybridized carbons (Fsp3) is 0.375. The smallest absolute Gasteiger partial charge is 0.227 e. The highest BCUT2D eigenvalue weighted by atomic mass is 19.1. The van der Waals surface area contributed by atoms with E-state index < -0.39 is 5.82 Å². The maximum absolute atomic E-state index is 13.2. The molecule has 0 aliphatic carbocycles. The van der Waals surface area contributed by atoms with Gasteiger partial charge in [-0.05, 0) is 18.4 Å². The van der Waals surface area contributed by atoms with E-state index in [1.54, 1.807) is 7.11 Å². The molecule has 0 atom stereocenters. The van der Waals surface area contributed by atoms with E-state index in [0.29, 0.717) is 5.95 Å². The Balaban J connectivity index is 1.77. The van der Waals surface area contributed by atoms with Crippen LogP contribution in [0.3, 0.4) is 0 Å². The fourth-order valence-corrected chi connectivity index (χ4v) is 2.94. The molecule has 2 N–H and O–H groups in total.